The summed E-state index contributed by atoms with van der Waals surface area (Å²) in [7, 11) is 1.56. The molecule has 0 spiro atoms. The van der Waals surface area contributed by atoms with Gasteiger partial charge in [0.1, 0.15) is 5.75 Å². The Balaban J connectivity index is 1.75. The summed E-state index contributed by atoms with van der Waals surface area (Å²) in [6.07, 6.45) is 3.01. The number of guanidine groups is 1. The summed E-state index contributed by atoms with van der Waals surface area (Å²) in [6, 6.07) is 12.8. The van der Waals surface area contributed by atoms with Crippen LogP contribution in [0.2, 0.25) is 5.02 Å². The summed E-state index contributed by atoms with van der Waals surface area (Å²) < 4.78 is 10.8. The first-order chi connectivity index (χ1) is 14.1. The number of hydrogen-bond donors (Lipinski definition) is 2. The van der Waals surface area contributed by atoms with Gasteiger partial charge in [0.25, 0.3) is 5.91 Å². The van der Waals surface area contributed by atoms with Gasteiger partial charge in [0.15, 0.2) is 0 Å². The number of anilines is 1. The molecule has 1 heterocycles. The Morgan fingerprint density at radius 3 is 2.69 bits per heavy atom. The molecule has 6 nitrogen and oxygen atoms in total. The Morgan fingerprint density at radius 1 is 1.28 bits per heavy atom. The van der Waals surface area contributed by atoms with E-state index < -0.39 is 0 Å². The van der Waals surface area contributed by atoms with Gasteiger partial charge in [-0.1, -0.05) is 30.7 Å². The van der Waals surface area contributed by atoms with E-state index in [4.69, 9.17) is 21.1 Å². The quantitative estimate of drug-likeness (QED) is 0.545. The molecule has 1 atom stereocenters. The number of methoxy groups -OCH3 is 1. The molecule has 0 saturated carbocycles. The largest absolute Gasteiger partial charge is 0.495 e. The lowest BCUT2D eigenvalue weighted by Gasteiger charge is -2.14. The number of halogens is 1. The maximum Gasteiger partial charge on any atom is 0.257 e. The third-order valence-corrected chi connectivity index (χ3v) is 5.04. The zero-order valence-corrected chi connectivity index (χ0v) is 17.5. The molecule has 1 fully saturated rings. The number of nitrogens with zero attached hydrogens (tertiary/aromatic N) is 1. The summed E-state index contributed by atoms with van der Waals surface area (Å²) >= 11 is 6.21. The predicted octanol–water partition coefficient (Wildman–Crippen LogP) is 4.29. The highest BCUT2D eigenvalue weighted by Crippen LogP contribution is 2.27. The van der Waals surface area contributed by atoms with Crippen molar-refractivity contribution < 1.29 is 14.3 Å². The summed E-state index contributed by atoms with van der Waals surface area (Å²) in [5.74, 6) is 0.701. The van der Waals surface area contributed by atoms with E-state index in [0.717, 1.165) is 25.9 Å². The van der Waals surface area contributed by atoms with Crippen molar-refractivity contribution in [3.63, 3.8) is 0 Å². The van der Waals surface area contributed by atoms with Crippen LogP contribution < -0.4 is 15.4 Å². The second-order valence-corrected chi connectivity index (χ2v) is 7.21. The first-order valence-corrected chi connectivity index (χ1v) is 10.1. The van der Waals surface area contributed by atoms with Crippen molar-refractivity contribution in [2.45, 2.75) is 32.3 Å². The van der Waals surface area contributed by atoms with Gasteiger partial charge in [0, 0.05) is 17.9 Å². The normalized spacial score (nSPS) is 16.5. The number of nitrogens with one attached hydrogen (secondary N) is 2. The van der Waals surface area contributed by atoms with Crippen molar-refractivity contribution in [1.82, 2.24) is 5.32 Å². The van der Waals surface area contributed by atoms with E-state index in [1.165, 1.54) is 5.56 Å². The van der Waals surface area contributed by atoms with Crippen LogP contribution in [-0.2, 0) is 11.2 Å². The van der Waals surface area contributed by atoms with Crippen molar-refractivity contribution in [2.75, 3.05) is 25.6 Å². The molecule has 3 rings (SSSR count). The molecule has 0 aromatic heterocycles. The Bertz CT molecular complexity index is 862. The minimum absolute atomic E-state index is 0.0759. The second-order valence-electron chi connectivity index (χ2n) is 6.80. The zero-order chi connectivity index (χ0) is 20.6. The van der Waals surface area contributed by atoms with Gasteiger partial charge in [0.05, 0.1) is 24.8 Å². The number of carbonyl (C=O) groups excluding carboxylic acids is 1. The molecular weight excluding hydrogens is 390 g/mol. The van der Waals surface area contributed by atoms with Crippen LogP contribution in [0.5, 0.6) is 5.75 Å². The number of carbonyl (C=O) groups is 1. The van der Waals surface area contributed by atoms with Gasteiger partial charge in [-0.15, -0.1) is 0 Å². The van der Waals surface area contributed by atoms with Gasteiger partial charge in [-0.2, -0.15) is 0 Å². The van der Waals surface area contributed by atoms with Crippen molar-refractivity contribution in [3.8, 4) is 5.75 Å². The van der Waals surface area contributed by atoms with Gasteiger partial charge >= 0.3 is 0 Å². The highest BCUT2D eigenvalue weighted by molar-refractivity contribution is 6.32. The number of amides is 1. The number of hydrogen-bond acceptors (Lipinski definition) is 4. The molecule has 2 aromatic carbocycles. The van der Waals surface area contributed by atoms with Gasteiger partial charge in [-0.05, 0) is 55.2 Å². The van der Waals surface area contributed by atoms with E-state index in [1.54, 1.807) is 19.2 Å². The molecule has 29 heavy (non-hydrogen) atoms. The van der Waals surface area contributed by atoms with Gasteiger partial charge in [-0.3, -0.25) is 10.1 Å². The van der Waals surface area contributed by atoms with Crippen LogP contribution in [0.1, 0.15) is 35.7 Å². The molecule has 154 valence electrons. The van der Waals surface area contributed by atoms with E-state index in [2.05, 4.69) is 22.5 Å². The Kier molecular flexibility index (Phi) is 7.49. The maximum absolute atomic E-state index is 12.7. The molecule has 1 aliphatic heterocycles. The van der Waals surface area contributed by atoms with Crippen molar-refractivity contribution in [3.05, 3.63) is 58.6 Å². The Labute approximate surface area is 176 Å². The van der Waals surface area contributed by atoms with Crippen molar-refractivity contribution >= 4 is 29.2 Å². The molecular formula is C22H26ClN3O3. The minimum Gasteiger partial charge on any atom is -0.495 e. The highest BCUT2D eigenvalue weighted by Gasteiger charge is 2.16. The van der Waals surface area contributed by atoms with E-state index >= 15 is 0 Å². The van der Waals surface area contributed by atoms with E-state index in [0.29, 0.717) is 34.5 Å². The fourth-order valence-corrected chi connectivity index (χ4v) is 3.30. The third kappa shape index (κ3) is 5.95. The molecule has 1 amide bonds. The number of rotatable bonds is 6. The second kappa shape index (κ2) is 10.3. The molecule has 0 unspecified atom stereocenters. The fourth-order valence-electron chi connectivity index (χ4n) is 3.04. The first kappa shape index (κ1) is 21.1. The van der Waals surface area contributed by atoms with Crippen LogP contribution in [-0.4, -0.2) is 38.2 Å². The fraction of sp³-hybridized carbons (Fsp3) is 0.364. The van der Waals surface area contributed by atoms with Gasteiger partial charge < -0.3 is 14.8 Å². The predicted molar refractivity (Wildman–Crippen MR) is 116 cm³/mol. The zero-order valence-electron chi connectivity index (χ0n) is 16.7. The summed E-state index contributed by atoms with van der Waals surface area (Å²) in [4.78, 5) is 17.2. The lowest BCUT2D eigenvalue weighted by molar-refractivity contribution is 0.0975. The number of benzene rings is 2. The molecule has 2 N–H and O–H groups in total. The smallest absolute Gasteiger partial charge is 0.257 e. The number of aliphatic imine (C=N–C) groups is 1. The van der Waals surface area contributed by atoms with E-state index in [1.807, 2.05) is 30.3 Å². The van der Waals surface area contributed by atoms with Crippen LogP contribution in [0.25, 0.3) is 0 Å². The van der Waals surface area contributed by atoms with Gasteiger partial charge in [-0.25, -0.2) is 4.99 Å². The van der Waals surface area contributed by atoms with Crippen LogP contribution in [0.15, 0.2) is 47.5 Å². The topological polar surface area (TPSA) is 72.0 Å². The lowest BCUT2D eigenvalue weighted by Crippen LogP contribution is -2.36. The lowest BCUT2D eigenvalue weighted by atomic mass is 10.1. The average Bonchev–Trinajstić information content (AvgIpc) is 3.26. The number of aryl methyl sites for hydroxylation is 1. The molecule has 7 heteroatoms. The van der Waals surface area contributed by atoms with Crippen LogP contribution in [0, 0.1) is 0 Å². The summed E-state index contributed by atoms with van der Waals surface area (Å²) in [5, 5.41) is 6.47. The molecule has 1 aliphatic rings. The monoisotopic (exact) mass is 415 g/mol. The third-order valence-electron chi connectivity index (χ3n) is 4.75. The summed E-state index contributed by atoms with van der Waals surface area (Å²) in [5.41, 5.74) is 2.45. The van der Waals surface area contributed by atoms with E-state index in [9.17, 15) is 4.79 Å². The maximum atomic E-state index is 12.7. The molecule has 0 bridgehead atoms. The molecule has 2 aromatic rings. The first-order valence-electron chi connectivity index (χ1n) is 9.76. The average molecular weight is 416 g/mol. The van der Waals surface area contributed by atoms with Gasteiger partial charge in [0.2, 0.25) is 5.96 Å². The van der Waals surface area contributed by atoms with Crippen molar-refractivity contribution in [2.24, 2.45) is 4.99 Å². The van der Waals surface area contributed by atoms with Crippen LogP contribution in [0.3, 0.4) is 0 Å². The Hall–Kier alpha value is -2.57. The highest BCUT2D eigenvalue weighted by atomic mass is 35.5. The Morgan fingerprint density at radius 2 is 2.07 bits per heavy atom. The minimum atomic E-state index is -0.231. The standard InChI is InChI=1S/C22H26ClN3O3/c1-3-15-6-8-16(9-7-15)21(27)26-22(24-14-18-5-4-12-29-18)25-17-10-11-20(28-2)19(23)13-17/h6-11,13,18H,3-5,12,14H2,1-2H3,(H2,24,25,26,27)/t18-/m0/s1. The van der Waals surface area contributed by atoms with Crippen LogP contribution >= 0.6 is 11.6 Å². The van der Waals surface area contributed by atoms with Crippen LogP contribution in [0.4, 0.5) is 5.69 Å². The molecule has 0 aliphatic carbocycles. The molecule has 1 saturated heterocycles. The summed E-state index contributed by atoms with van der Waals surface area (Å²) in [6.45, 7) is 3.31. The van der Waals surface area contributed by atoms with E-state index in [-0.39, 0.29) is 12.0 Å². The van der Waals surface area contributed by atoms with Crippen molar-refractivity contribution in [1.29, 1.82) is 0 Å². The number of ether oxygens (including phenoxy) is 2. The SMILES string of the molecule is CCc1ccc(C(=O)NC(=NC[C@@H]2CCCO2)Nc2ccc(OC)c(Cl)c2)cc1. The molecule has 0 radical (unpaired) electrons.